The van der Waals surface area contributed by atoms with Crippen molar-refractivity contribution in [3.8, 4) is 0 Å². The number of nitrogen functional groups attached to an aromatic ring is 1. The largest absolute Gasteiger partial charge is 0.383 e. The lowest BCUT2D eigenvalue weighted by Gasteiger charge is -2.22. The zero-order chi connectivity index (χ0) is 14.8. The maximum atomic E-state index is 6.19. The van der Waals surface area contributed by atoms with Crippen LogP contribution in [0.5, 0.6) is 0 Å². The van der Waals surface area contributed by atoms with E-state index in [0.29, 0.717) is 18.5 Å². The van der Waals surface area contributed by atoms with Crippen LogP contribution in [0.3, 0.4) is 0 Å². The van der Waals surface area contributed by atoms with Crippen LogP contribution in [-0.2, 0) is 17.8 Å². The van der Waals surface area contributed by atoms with Gasteiger partial charge in [-0.05, 0) is 12.0 Å². The molecule has 1 aliphatic heterocycles. The Bertz CT molecular complexity index is 668. The molecule has 0 aromatic carbocycles. The van der Waals surface area contributed by atoms with Crippen molar-refractivity contribution >= 4 is 39.1 Å². The SMILES string of the molecule is C=CCSc1nc(N)c2c3c(sc2n1)CO[C@H](CCC)C3. The van der Waals surface area contributed by atoms with Crippen molar-refractivity contribution in [3.63, 3.8) is 0 Å². The summed E-state index contributed by atoms with van der Waals surface area (Å²) in [6, 6.07) is 0. The number of thioether (sulfide) groups is 1. The first-order valence-corrected chi connectivity index (χ1v) is 8.96. The second-order valence-electron chi connectivity index (χ2n) is 5.10. The highest BCUT2D eigenvalue weighted by Gasteiger charge is 2.25. The molecule has 1 aliphatic rings. The fourth-order valence-electron chi connectivity index (χ4n) is 2.63. The first-order valence-electron chi connectivity index (χ1n) is 7.16. The Morgan fingerprint density at radius 2 is 2.38 bits per heavy atom. The van der Waals surface area contributed by atoms with Gasteiger partial charge in [-0.15, -0.1) is 17.9 Å². The van der Waals surface area contributed by atoms with Gasteiger partial charge in [0.1, 0.15) is 10.6 Å². The Hall–Kier alpha value is -1.11. The summed E-state index contributed by atoms with van der Waals surface area (Å²) in [6.07, 6.45) is 5.29. The van der Waals surface area contributed by atoms with E-state index in [2.05, 4.69) is 23.5 Å². The Kier molecular flexibility index (Phi) is 4.47. The second kappa shape index (κ2) is 6.34. The number of hydrogen-bond acceptors (Lipinski definition) is 6. The first kappa shape index (κ1) is 14.8. The van der Waals surface area contributed by atoms with E-state index in [1.807, 2.05) is 6.08 Å². The number of fused-ring (bicyclic) bond motifs is 3. The summed E-state index contributed by atoms with van der Waals surface area (Å²) in [5.41, 5.74) is 7.50. The number of hydrogen-bond donors (Lipinski definition) is 1. The molecule has 2 aromatic rings. The predicted octanol–water partition coefficient (Wildman–Crippen LogP) is 3.79. The Labute approximate surface area is 132 Å². The summed E-state index contributed by atoms with van der Waals surface area (Å²) in [7, 11) is 0. The van der Waals surface area contributed by atoms with E-state index < -0.39 is 0 Å². The maximum absolute atomic E-state index is 6.19. The van der Waals surface area contributed by atoms with Gasteiger partial charge in [0.15, 0.2) is 5.16 Å². The summed E-state index contributed by atoms with van der Waals surface area (Å²) < 4.78 is 5.91. The molecule has 0 saturated heterocycles. The van der Waals surface area contributed by atoms with Crippen molar-refractivity contribution in [1.29, 1.82) is 0 Å². The highest BCUT2D eigenvalue weighted by Crippen LogP contribution is 2.38. The van der Waals surface area contributed by atoms with Crippen molar-refractivity contribution in [2.45, 2.75) is 44.1 Å². The van der Waals surface area contributed by atoms with Crippen molar-refractivity contribution in [3.05, 3.63) is 23.1 Å². The summed E-state index contributed by atoms with van der Waals surface area (Å²) in [5.74, 6) is 1.39. The van der Waals surface area contributed by atoms with E-state index in [9.17, 15) is 0 Å². The standard InChI is InChI=1S/C15H19N3OS2/c1-3-5-9-7-10-11(8-19-9)21-14-12(10)13(16)17-15(18-14)20-6-4-2/h4,9H,2-3,5-8H2,1H3,(H2,16,17,18)/t9-/m1/s1. The number of aromatic nitrogens is 2. The monoisotopic (exact) mass is 321 g/mol. The van der Waals surface area contributed by atoms with Crippen LogP contribution in [0.25, 0.3) is 10.2 Å². The molecule has 3 rings (SSSR count). The highest BCUT2D eigenvalue weighted by molar-refractivity contribution is 7.99. The summed E-state index contributed by atoms with van der Waals surface area (Å²) in [4.78, 5) is 11.3. The zero-order valence-electron chi connectivity index (χ0n) is 12.1. The van der Waals surface area contributed by atoms with E-state index in [4.69, 9.17) is 10.5 Å². The fraction of sp³-hybridized carbons (Fsp3) is 0.467. The number of thiophene rings is 1. The van der Waals surface area contributed by atoms with Crippen LogP contribution in [-0.4, -0.2) is 21.8 Å². The Morgan fingerprint density at radius 1 is 1.52 bits per heavy atom. The minimum atomic E-state index is 0.300. The molecule has 0 spiro atoms. The molecule has 0 amide bonds. The maximum Gasteiger partial charge on any atom is 0.191 e. The predicted molar refractivity (Wildman–Crippen MR) is 89.9 cm³/mol. The van der Waals surface area contributed by atoms with E-state index in [1.165, 1.54) is 10.4 Å². The summed E-state index contributed by atoms with van der Waals surface area (Å²) in [5, 5.41) is 1.77. The third-order valence-corrected chi connectivity index (χ3v) is 5.51. The number of anilines is 1. The Balaban J connectivity index is 1.99. The van der Waals surface area contributed by atoms with Gasteiger partial charge < -0.3 is 10.5 Å². The average Bonchev–Trinajstić information content (AvgIpc) is 2.83. The lowest BCUT2D eigenvalue weighted by molar-refractivity contribution is 0.0254. The molecule has 0 aliphatic carbocycles. The van der Waals surface area contributed by atoms with E-state index in [-0.39, 0.29) is 0 Å². The topological polar surface area (TPSA) is 61.0 Å². The number of ether oxygens (including phenoxy) is 1. The summed E-state index contributed by atoms with van der Waals surface area (Å²) in [6.45, 7) is 6.58. The quantitative estimate of drug-likeness (QED) is 0.516. The van der Waals surface area contributed by atoms with Crippen LogP contribution in [0.2, 0.25) is 0 Å². The molecular weight excluding hydrogens is 302 g/mol. The van der Waals surface area contributed by atoms with Crippen LogP contribution in [0.15, 0.2) is 17.8 Å². The molecule has 4 nitrogen and oxygen atoms in total. The molecule has 0 radical (unpaired) electrons. The Morgan fingerprint density at radius 3 is 3.14 bits per heavy atom. The molecule has 112 valence electrons. The lowest BCUT2D eigenvalue weighted by Crippen LogP contribution is -2.21. The molecule has 0 unspecified atom stereocenters. The van der Waals surface area contributed by atoms with Crippen molar-refractivity contribution in [1.82, 2.24) is 9.97 Å². The third-order valence-electron chi connectivity index (χ3n) is 3.56. The number of nitrogens with two attached hydrogens (primary N) is 1. The van der Waals surface area contributed by atoms with E-state index >= 15 is 0 Å². The molecule has 0 bridgehead atoms. The minimum Gasteiger partial charge on any atom is -0.383 e. The number of nitrogens with zero attached hydrogens (tertiary/aromatic N) is 2. The molecule has 1 atom stereocenters. The van der Waals surface area contributed by atoms with Gasteiger partial charge in [-0.2, -0.15) is 0 Å². The summed E-state index contributed by atoms with van der Waals surface area (Å²) >= 11 is 3.25. The molecule has 3 heterocycles. The van der Waals surface area contributed by atoms with Crippen molar-refractivity contribution in [2.75, 3.05) is 11.5 Å². The van der Waals surface area contributed by atoms with Gasteiger partial charge >= 0.3 is 0 Å². The van der Waals surface area contributed by atoms with Gasteiger partial charge in [-0.3, -0.25) is 0 Å². The molecule has 2 N–H and O–H groups in total. The van der Waals surface area contributed by atoms with Crippen LogP contribution in [0.4, 0.5) is 5.82 Å². The van der Waals surface area contributed by atoms with Crippen LogP contribution in [0.1, 0.15) is 30.2 Å². The fourth-order valence-corrected chi connectivity index (χ4v) is 4.40. The molecule has 6 heteroatoms. The highest BCUT2D eigenvalue weighted by atomic mass is 32.2. The third kappa shape index (κ3) is 2.93. The van der Waals surface area contributed by atoms with E-state index in [0.717, 1.165) is 40.4 Å². The normalized spacial score (nSPS) is 17.9. The molecular formula is C15H19N3OS2. The molecule has 0 fully saturated rings. The van der Waals surface area contributed by atoms with Gasteiger partial charge in [0.05, 0.1) is 18.1 Å². The molecule has 0 saturated carbocycles. The van der Waals surface area contributed by atoms with E-state index in [1.54, 1.807) is 23.1 Å². The van der Waals surface area contributed by atoms with Gasteiger partial charge in [-0.1, -0.05) is 31.2 Å². The average molecular weight is 321 g/mol. The minimum absolute atomic E-state index is 0.300. The molecule has 2 aromatic heterocycles. The van der Waals surface area contributed by atoms with Gasteiger partial charge in [-0.25, -0.2) is 9.97 Å². The lowest BCUT2D eigenvalue weighted by atomic mass is 10.0. The smallest absolute Gasteiger partial charge is 0.191 e. The molecule has 21 heavy (non-hydrogen) atoms. The van der Waals surface area contributed by atoms with Crippen molar-refractivity contribution < 1.29 is 4.74 Å². The van der Waals surface area contributed by atoms with Gasteiger partial charge in [0.25, 0.3) is 0 Å². The zero-order valence-corrected chi connectivity index (χ0v) is 13.7. The van der Waals surface area contributed by atoms with Gasteiger partial charge in [0.2, 0.25) is 0 Å². The van der Waals surface area contributed by atoms with Crippen molar-refractivity contribution in [2.24, 2.45) is 0 Å². The number of rotatable bonds is 5. The van der Waals surface area contributed by atoms with Gasteiger partial charge in [0, 0.05) is 17.1 Å². The first-order chi connectivity index (χ1) is 10.2. The van der Waals surface area contributed by atoms with Crippen LogP contribution in [0, 0.1) is 0 Å². The van der Waals surface area contributed by atoms with Crippen LogP contribution >= 0.6 is 23.1 Å². The second-order valence-corrected chi connectivity index (χ2v) is 7.17. The van der Waals surface area contributed by atoms with Crippen LogP contribution < -0.4 is 5.73 Å².